The van der Waals surface area contributed by atoms with Crippen LogP contribution in [-0.2, 0) is 4.74 Å². The molecule has 0 fully saturated rings. The fraction of sp³-hybridized carbons (Fsp3) is 0.188. The van der Waals surface area contributed by atoms with Crippen LogP contribution in [0.4, 0.5) is 10.1 Å². The second kappa shape index (κ2) is 6.75. The molecule has 3 rings (SSSR count). The summed E-state index contributed by atoms with van der Waals surface area (Å²) in [5.41, 5.74) is 0.738. The SMILES string of the molecule is CCOC(=O)c1cn2ncnc(Oc3ccc([N+](=O)[O-])cc3F)c2c1C. The highest BCUT2D eigenvalue weighted by Gasteiger charge is 2.21. The number of nitro benzene ring substituents is 1. The molecule has 0 atom stereocenters. The van der Waals surface area contributed by atoms with Crippen LogP contribution in [0.5, 0.6) is 11.6 Å². The number of hydrogen-bond acceptors (Lipinski definition) is 7. The van der Waals surface area contributed by atoms with Gasteiger partial charge in [-0.2, -0.15) is 10.1 Å². The van der Waals surface area contributed by atoms with Crippen LogP contribution in [-0.4, -0.2) is 32.1 Å². The topological polar surface area (TPSA) is 109 Å². The summed E-state index contributed by atoms with van der Waals surface area (Å²) in [6.07, 6.45) is 2.64. The molecule has 2 heterocycles. The fourth-order valence-corrected chi connectivity index (χ4v) is 2.41. The van der Waals surface area contributed by atoms with E-state index in [2.05, 4.69) is 10.1 Å². The second-order valence-electron chi connectivity index (χ2n) is 5.22. The molecule has 0 bridgehead atoms. The van der Waals surface area contributed by atoms with Crippen molar-refractivity contribution in [3.63, 3.8) is 0 Å². The van der Waals surface area contributed by atoms with E-state index in [0.29, 0.717) is 11.1 Å². The zero-order chi connectivity index (χ0) is 18.8. The zero-order valence-electron chi connectivity index (χ0n) is 13.8. The normalized spacial score (nSPS) is 10.7. The maximum absolute atomic E-state index is 14.1. The molecule has 0 saturated heterocycles. The minimum Gasteiger partial charge on any atom is -0.462 e. The molecule has 1 aromatic carbocycles. The number of halogens is 1. The first-order valence-corrected chi connectivity index (χ1v) is 7.54. The van der Waals surface area contributed by atoms with Gasteiger partial charge in [-0.05, 0) is 25.5 Å². The maximum atomic E-state index is 14.1. The second-order valence-corrected chi connectivity index (χ2v) is 5.22. The molecular formula is C16H13FN4O5. The first-order chi connectivity index (χ1) is 12.4. The first-order valence-electron chi connectivity index (χ1n) is 7.54. The zero-order valence-corrected chi connectivity index (χ0v) is 13.8. The molecule has 2 aromatic heterocycles. The third-order valence-corrected chi connectivity index (χ3v) is 3.62. The molecule has 0 aliphatic carbocycles. The van der Waals surface area contributed by atoms with Crippen molar-refractivity contribution < 1.29 is 23.6 Å². The monoisotopic (exact) mass is 360 g/mol. The molecular weight excluding hydrogens is 347 g/mol. The van der Waals surface area contributed by atoms with E-state index in [1.54, 1.807) is 13.8 Å². The van der Waals surface area contributed by atoms with Crippen molar-refractivity contribution in [1.82, 2.24) is 14.6 Å². The van der Waals surface area contributed by atoms with Gasteiger partial charge in [-0.25, -0.2) is 13.7 Å². The molecule has 3 aromatic rings. The lowest BCUT2D eigenvalue weighted by molar-refractivity contribution is -0.385. The number of rotatable bonds is 5. The van der Waals surface area contributed by atoms with Crippen LogP contribution in [0, 0.1) is 22.9 Å². The van der Waals surface area contributed by atoms with Gasteiger partial charge in [0, 0.05) is 12.3 Å². The molecule has 0 spiro atoms. The third-order valence-electron chi connectivity index (χ3n) is 3.62. The van der Waals surface area contributed by atoms with E-state index in [9.17, 15) is 19.3 Å². The molecule has 0 unspecified atom stereocenters. The summed E-state index contributed by atoms with van der Waals surface area (Å²) in [5, 5.41) is 14.7. The predicted molar refractivity (Wildman–Crippen MR) is 86.8 cm³/mol. The number of non-ortho nitro benzene ring substituents is 1. The van der Waals surface area contributed by atoms with Crippen molar-refractivity contribution in [1.29, 1.82) is 0 Å². The Balaban J connectivity index is 2.03. The van der Waals surface area contributed by atoms with Crippen LogP contribution in [0.25, 0.3) is 5.52 Å². The third kappa shape index (κ3) is 3.04. The van der Waals surface area contributed by atoms with Crippen molar-refractivity contribution >= 4 is 17.2 Å². The minimum atomic E-state index is -0.911. The van der Waals surface area contributed by atoms with E-state index in [-0.39, 0.29) is 23.8 Å². The van der Waals surface area contributed by atoms with Gasteiger partial charge in [0.1, 0.15) is 11.8 Å². The van der Waals surface area contributed by atoms with Gasteiger partial charge >= 0.3 is 5.97 Å². The minimum absolute atomic E-state index is 0.000742. The molecule has 134 valence electrons. The Labute approximate surface area is 146 Å². The quantitative estimate of drug-likeness (QED) is 0.391. The number of carbonyl (C=O) groups is 1. The van der Waals surface area contributed by atoms with E-state index < -0.39 is 22.4 Å². The average molecular weight is 360 g/mol. The van der Waals surface area contributed by atoms with Crippen molar-refractivity contribution in [3.8, 4) is 11.6 Å². The van der Waals surface area contributed by atoms with Gasteiger partial charge in [0.05, 0.1) is 23.2 Å². The summed E-state index contributed by atoms with van der Waals surface area (Å²) in [4.78, 5) is 26.0. The Morgan fingerprint density at radius 2 is 2.19 bits per heavy atom. The number of ether oxygens (including phenoxy) is 2. The van der Waals surface area contributed by atoms with Crippen LogP contribution in [0.1, 0.15) is 22.8 Å². The van der Waals surface area contributed by atoms with Gasteiger partial charge in [-0.15, -0.1) is 0 Å². The molecule has 10 heteroatoms. The van der Waals surface area contributed by atoms with Crippen LogP contribution in [0.15, 0.2) is 30.7 Å². The van der Waals surface area contributed by atoms with Crippen molar-refractivity contribution in [2.75, 3.05) is 6.61 Å². The largest absolute Gasteiger partial charge is 0.462 e. The van der Waals surface area contributed by atoms with Crippen molar-refractivity contribution in [2.45, 2.75) is 13.8 Å². The summed E-state index contributed by atoms with van der Waals surface area (Å²) < 4.78 is 25.9. The summed E-state index contributed by atoms with van der Waals surface area (Å²) in [6.45, 7) is 3.56. The summed E-state index contributed by atoms with van der Waals surface area (Å²) in [5.74, 6) is -1.68. The Kier molecular flexibility index (Phi) is 4.48. The Morgan fingerprint density at radius 3 is 2.85 bits per heavy atom. The summed E-state index contributed by atoms with van der Waals surface area (Å²) in [7, 11) is 0. The number of aromatic nitrogens is 3. The van der Waals surface area contributed by atoms with Gasteiger partial charge in [-0.3, -0.25) is 10.1 Å². The Bertz CT molecular complexity index is 1020. The number of benzene rings is 1. The standard InChI is InChI=1S/C16H13FN4O5/c1-3-25-16(22)11-7-20-14(9(11)2)15(18-8-19-20)26-13-5-4-10(21(23)24)6-12(13)17/h4-8H,3H2,1-2H3. The van der Waals surface area contributed by atoms with Gasteiger partial charge < -0.3 is 9.47 Å². The first kappa shape index (κ1) is 17.3. The van der Waals surface area contributed by atoms with Crippen molar-refractivity contribution in [3.05, 3.63) is 57.8 Å². The highest BCUT2D eigenvalue weighted by Crippen LogP contribution is 2.31. The van der Waals surface area contributed by atoms with E-state index in [1.807, 2.05) is 0 Å². The molecule has 26 heavy (non-hydrogen) atoms. The van der Waals surface area contributed by atoms with Gasteiger partial charge in [0.25, 0.3) is 5.69 Å². The summed E-state index contributed by atoms with van der Waals surface area (Å²) in [6, 6.07) is 3.01. The lowest BCUT2D eigenvalue weighted by Gasteiger charge is -2.07. The molecule has 0 radical (unpaired) electrons. The molecule has 0 N–H and O–H groups in total. The number of carbonyl (C=O) groups excluding carboxylic acids is 1. The lowest BCUT2D eigenvalue weighted by atomic mass is 10.2. The smallest absolute Gasteiger partial charge is 0.340 e. The number of aryl methyl sites for hydroxylation is 1. The molecule has 0 amide bonds. The van der Waals surface area contributed by atoms with E-state index in [0.717, 1.165) is 18.2 Å². The Hall–Kier alpha value is -3.56. The predicted octanol–water partition coefficient (Wildman–Crippen LogP) is 3.05. The number of nitro groups is 1. The maximum Gasteiger partial charge on any atom is 0.340 e. The average Bonchev–Trinajstić information content (AvgIpc) is 2.94. The van der Waals surface area contributed by atoms with Crippen LogP contribution in [0.3, 0.4) is 0 Å². The molecule has 0 aliphatic rings. The van der Waals surface area contributed by atoms with Crippen LogP contribution >= 0.6 is 0 Å². The molecule has 9 nitrogen and oxygen atoms in total. The van der Waals surface area contributed by atoms with Crippen molar-refractivity contribution in [2.24, 2.45) is 0 Å². The highest BCUT2D eigenvalue weighted by atomic mass is 19.1. The summed E-state index contributed by atoms with van der Waals surface area (Å²) >= 11 is 0. The number of hydrogen-bond donors (Lipinski definition) is 0. The lowest BCUT2D eigenvalue weighted by Crippen LogP contribution is -2.04. The van der Waals surface area contributed by atoms with Crippen LogP contribution < -0.4 is 4.74 Å². The van der Waals surface area contributed by atoms with E-state index in [1.165, 1.54) is 17.0 Å². The number of fused-ring (bicyclic) bond motifs is 1. The van der Waals surface area contributed by atoms with E-state index >= 15 is 0 Å². The highest BCUT2D eigenvalue weighted by molar-refractivity contribution is 5.94. The number of nitrogens with zero attached hydrogens (tertiary/aromatic N) is 4. The van der Waals surface area contributed by atoms with E-state index in [4.69, 9.17) is 9.47 Å². The number of esters is 1. The van der Waals surface area contributed by atoms with Crippen LogP contribution in [0.2, 0.25) is 0 Å². The fourth-order valence-electron chi connectivity index (χ4n) is 2.41. The Morgan fingerprint density at radius 1 is 1.42 bits per heavy atom. The van der Waals surface area contributed by atoms with Gasteiger partial charge in [-0.1, -0.05) is 0 Å². The molecule has 0 saturated carbocycles. The molecule has 0 aliphatic heterocycles. The van der Waals surface area contributed by atoms with Gasteiger partial charge in [0.2, 0.25) is 5.88 Å². The van der Waals surface area contributed by atoms with Gasteiger partial charge in [0.15, 0.2) is 11.6 Å².